The predicted molar refractivity (Wildman–Crippen MR) is 110 cm³/mol. The van der Waals surface area contributed by atoms with E-state index in [0.717, 1.165) is 11.3 Å². The van der Waals surface area contributed by atoms with E-state index in [1.165, 1.54) is 0 Å². The quantitative estimate of drug-likeness (QED) is 0.729. The summed E-state index contributed by atoms with van der Waals surface area (Å²) in [6.45, 7) is 2.09. The maximum Gasteiger partial charge on any atom is 0.194 e. The molecule has 25 heavy (non-hydrogen) atoms. The fourth-order valence-corrected chi connectivity index (χ4v) is 4.20. The van der Waals surface area contributed by atoms with Crippen LogP contribution in [0.25, 0.3) is 0 Å². The molecule has 0 radical (unpaired) electrons. The van der Waals surface area contributed by atoms with Gasteiger partial charge in [-0.25, -0.2) is 10.0 Å². The molecule has 2 aromatic carbocycles. The summed E-state index contributed by atoms with van der Waals surface area (Å²) in [6, 6.07) is 15.2. The van der Waals surface area contributed by atoms with Gasteiger partial charge >= 0.3 is 0 Å². The van der Waals surface area contributed by atoms with Gasteiger partial charge in [0.1, 0.15) is 5.54 Å². The van der Waals surface area contributed by atoms with Gasteiger partial charge in [0.05, 0.1) is 5.69 Å². The minimum Gasteiger partial charge on any atom is -0.348 e. The van der Waals surface area contributed by atoms with Gasteiger partial charge in [-0.3, -0.25) is 0 Å². The summed E-state index contributed by atoms with van der Waals surface area (Å²) >= 11 is 23.2. The van der Waals surface area contributed by atoms with Crippen LogP contribution in [0.5, 0.6) is 0 Å². The standard InChI is InChI=1S/C17H14Cl2N4S2/c1-17(10-2-4-11(18)5-3-10)14-20-15(24)22(23(14)16(25)21-17)13-8-6-12(19)7-9-13/h2-9,14H,1H3,(H,20,24)(H,21,25)/t14-,17-/m1/s1. The Hall–Kier alpha value is -1.60. The SMILES string of the molecule is C[C@]1(c2ccc(Cl)cc2)NC(=S)N2[C@H]1NC(=S)N2c1ccc(Cl)cc1. The number of halogens is 2. The first-order valence-electron chi connectivity index (χ1n) is 7.64. The summed E-state index contributed by atoms with van der Waals surface area (Å²) < 4.78 is 0. The number of hydrogen-bond acceptors (Lipinski definition) is 2. The van der Waals surface area contributed by atoms with Crippen molar-refractivity contribution in [2.45, 2.75) is 18.6 Å². The zero-order chi connectivity index (χ0) is 17.8. The highest BCUT2D eigenvalue weighted by molar-refractivity contribution is 7.81. The third-order valence-electron chi connectivity index (χ3n) is 4.55. The van der Waals surface area contributed by atoms with E-state index < -0.39 is 5.54 Å². The Kier molecular flexibility index (Phi) is 4.03. The van der Waals surface area contributed by atoms with E-state index >= 15 is 0 Å². The van der Waals surface area contributed by atoms with E-state index in [0.29, 0.717) is 20.3 Å². The van der Waals surface area contributed by atoms with Gasteiger partial charge < -0.3 is 10.6 Å². The van der Waals surface area contributed by atoms with Crippen LogP contribution in [0.1, 0.15) is 12.5 Å². The number of hydrazine groups is 1. The van der Waals surface area contributed by atoms with Crippen LogP contribution in [0, 0.1) is 0 Å². The summed E-state index contributed by atoms with van der Waals surface area (Å²) in [5, 5.41) is 13.2. The van der Waals surface area contributed by atoms with Gasteiger partial charge in [0.25, 0.3) is 0 Å². The fourth-order valence-electron chi connectivity index (χ4n) is 3.25. The van der Waals surface area contributed by atoms with Crippen LogP contribution in [0.2, 0.25) is 10.0 Å². The smallest absolute Gasteiger partial charge is 0.194 e. The highest BCUT2D eigenvalue weighted by atomic mass is 35.5. The van der Waals surface area contributed by atoms with Crippen LogP contribution < -0.4 is 15.6 Å². The van der Waals surface area contributed by atoms with Crippen LogP contribution >= 0.6 is 47.6 Å². The van der Waals surface area contributed by atoms with Crippen molar-refractivity contribution in [3.63, 3.8) is 0 Å². The van der Waals surface area contributed by atoms with E-state index in [-0.39, 0.29) is 6.17 Å². The second kappa shape index (κ2) is 5.99. The molecular weight excluding hydrogens is 395 g/mol. The van der Waals surface area contributed by atoms with Gasteiger partial charge in [0.2, 0.25) is 0 Å². The van der Waals surface area contributed by atoms with E-state index in [1.54, 1.807) is 0 Å². The lowest BCUT2D eigenvalue weighted by molar-refractivity contribution is 0.264. The van der Waals surface area contributed by atoms with Gasteiger partial charge in [-0.2, -0.15) is 0 Å². The van der Waals surface area contributed by atoms with Crippen molar-refractivity contribution in [3.05, 3.63) is 64.1 Å². The molecule has 4 rings (SSSR count). The normalized spacial score (nSPS) is 25.0. The second-order valence-electron chi connectivity index (χ2n) is 6.12. The lowest BCUT2D eigenvalue weighted by Gasteiger charge is -2.31. The Balaban J connectivity index is 1.74. The third kappa shape index (κ3) is 2.64. The summed E-state index contributed by atoms with van der Waals surface area (Å²) in [6.07, 6.45) is -0.149. The lowest BCUT2D eigenvalue weighted by atomic mass is 9.90. The predicted octanol–water partition coefficient (Wildman–Crippen LogP) is 4.03. The van der Waals surface area contributed by atoms with E-state index in [2.05, 4.69) is 17.6 Å². The van der Waals surface area contributed by atoms with Crippen molar-refractivity contribution in [1.82, 2.24) is 15.6 Å². The highest BCUT2D eigenvalue weighted by Gasteiger charge is 2.55. The molecule has 0 unspecified atom stereocenters. The van der Waals surface area contributed by atoms with Gasteiger partial charge in [0.15, 0.2) is 16.4 Å². The molecule has 0 aromatic heterocycles. The third-order valence-corrected chi connectivity index (χ3v) is 5.63. The minimum absolute atomic E-state index is 0.149. The zero-order valence-electron chi connectivity index (χ0n) is 13.2. The second-order valence-corrected chi connectivity index (χ2v) is 7.77. The van der Waals surface area contributed by atoms with Gasteiger partial charge in [-0.05, 0) is 73.3 Å². The molecule has 2 aromatic rings. The number of thiocarbonyl (C=S) groups is 2. The van der Waals surface area contributed by atoms with E-state index in [9.17, 15) is 0 Å². The molecule has 0 aliphatic carbocycles. The first kappa shape index (κ1) is 16.8. The maximum absolute atomic E-state index is 6.03. The summed E-state index contributed by atoms with van der Waals surface area (Å²) in [5.74, 6) is 0. The van der Waals surface area contributed by atoms with Crippen molar-refractivity contribution in [2.24, 2.45) is 0 Å². The van der Waals surface area contributed by atoms with Gasteiger partial charge in [-0.15, -0.1) is 0 Å². The van der Waals surface area contributed by atoms with Gasteiger partial charge in [0, 0.05) is 10.0 Å². The first-order valence-corrected chi connectivity index (χ1v) is 9.21. The molecule has 2 fully saturated rings. The van der Waals surface area contributed by atoms with Crippen LogP contribution in [-0.2, 0) is 5.54 Å². The first-order chi connectivity index (χ1) is 11.9. The number of nitrogens with one attached hydrogen (secondary N) is 2. The van der Waals surface area contributed by atoms with Crippen molar-refractivity contribution in [1.29, 1.82) is 0 Å². The van der Waals surface area contributed by atoms with Crippen molar-refractivity contribution < 1.29 is 0 Å². The number of fused-ring (bicyclic) bond motifs is 1. The van der Waals surface area contributed by atoms with E-state index in [1.807, 2.05) is 58.5 Å². The van der Waals surface area contributed by atoms with Crippen molar-refractivity contribution in [2.75, 3.05) is 5.01 Å². The average molecular weight is 409 g/mol. The fraction of sp³-hybridized carbons (Fsp3) is 0.176. The van der Waals surface area contributed by atoms with Crippen molar-refractivity contribution >= 4 is 63.5 Å². The van der Waals surface area contributed by atoms with E-state index in [4.69, 9.17) is 47.6 Å². The molecule has 8 heteroatoms. The number of benzene rings is 2. The Bertz CT molecular complexity index is 856. The monoisotopic (exact) mass is 408 g/mol. The number of hydrogen-bond donors (Lipinski definition) is 2. The minimum atomic E-state index is -0.451. The Morgan fingerprint density at radius 1 is 0.920 bits per heavy atom. The number of nitrogens with zero attached hydrogens (tertiary/aromatic N) is 2. The molecule has 128 valence electrons. The topological polar surface area (TPSA) is 30.5 Å². The summed E-state index contributed by atoms with van der Waals surface area (Å²) in [7, 11) is 0. The Morgan fingerprint density at radius 2 is 1.48 bits per heavy atom. The molecule has 4 nitrogen and oxygen atoms in total. The van der Waals surface area contributed by atoms with Crippen molar-refractivity contribution in [3.8, 4) is 0 Å². The molecule has 2 atom stereocenters. The maximum atomic E-state index is 6.03. The summed E-state index contributed by atoms with van der Waals surface area (Å²) in [5.41, 5.74) is 1.52. The van der Waals surface area contributed by atoms with Crippen LogP contribution in [0.3, 0.4) is 0 Å². The molecule has 2 aliphatic rings. The molecule has 0 spiro atoms. The van der Waals surface area contributed by atoms with Crippen LogP contribution in [0.4, 0.5) is 5.69 Å². The molecule has 2 saturated heterocycles. The van der Waals surface area contributed by atoms with Gasteiger partial charge in [-0.1, -0.05) is 35.3 Å². The molecule has 2 heterocycles. The molecule has 0 bridgehead atoms. The average Bonchev–Trinajstić information content (AvgIpc) is 3.05. The summed E-state index contributed by atoms with van der Waals surface area (Å²) in [4.78, 5) is 0. The lowest BCUT2D eigenvalue weighted by Crippen LogP contribution is -2.49. The Labute approximate surface area is 166 Å². The Morgan fingerprint density at radius 3 is 2.08 bits per heavy atom. The largest absolute Gasteiger partial charge is 0.348 e. The zero-order valence-corrected chi connectivity index (χ0v) is 16.3. The molecule has 2 N–H and O–H groups in total. The van der Waals surface area contributed by atoms with Crippen LogP contribution in [0.15, 0.2) is 48.5 Å². The van der Waals surface area contributed by atoms with Crippen LogP contribution in [-0.4, -0.2) is 21.4 Å². The number of rotatable bonds is 2. The molecule has 2 aliphatic heterocycles. The number of anilines is 1. The molecule has 0 saturated carbocycles. The molecule has 0 amide bonds. The molecular formula is C17H14Cl2N4S2. The highest BCUT2D eigenvalue weighted by Crippen LogP contribution is 2.38.